The zero-order valence-electron chi connectivity index (χ0n) is 9.67. The van der Waals surface area contributed by atoms with Crippen LogP contribution in [0, 0.1) is 0 Å². The van der Waals surface area contributed by atoms with Gasteiger partial charge in [0.05, 0.1) is 12.7 Å². The highest BCUT2D eigenvalue weighted by molar-refractivity contribution is 5.15. The molecule has 0 amide bonds. The molecule has 3 nitrogen and oxygen atoms in total. The maximum atomic E-state index is 9.33. The minimum Gasteiger partial charge on any atom is -0.395 e. The number of benzene rings is 1. The predicted octanol–water partition coefficient (Wildman–Crippen LogP) is 1.27. The van der Waals surface area contributed by atoms with E-state index in [0.717, 1.165) is 19.5 Å². The molecular weight excluding hydrogens is 202 g/mol. The van der Waals surface area contributed by atoms with Crippen LogP contribution in [0.4, 0.5) is 0 Å². The van der Waals surface area contributed by atoms with Gasteiger partial charge in [-0.05, 0) is 12.0 Å². The van der Waals surface area contributed by atoms with Gasteiger partial charge in [-0.1, -0.05) is 30.3 Å². The van der Waals surface area contributed by atoms with Crippen molar-refractivity contribution in [2.24, 2.45) is 0 Å². The maximum absolute atomic E-state index is 9.33. The largest absolute Gasteiger partial charge is 0.395 e. The van der Waals surface area contributed by atoms with Crippen LogP contribution in [0.5, 0.6) is 0 Å². The molecule has 2 rings (SSSR count). The summed E-state index contributed by atoms with van der Waals surface area (Å²) in [7, 11) is 1.74. The first-order chi connectivity index (χ1) is 7.83. The monoisotopic (exact) mass is 221 g/mol. The predicted molar refractivity (Wildman–Crippen MR) is 63.1 cm³/mol. The number of rotatable bonds is 4. The first-order valence-corrected chi connectivity index (χ1v) is 5.75. The summed E-state index contributed by atoms with van der Waals surface area (Å²) in [4.78, 5) is 2.30. The van der Waals surface area contributed by atoms with E-state index in [2.05, 4.69) is 17.0 Å². The fraction of sp³-hybridized carbons (Fsp3) is 0.538. The van der Waals surface area contributed by atoms with Gasteiger partial charge in [-0.15, -0.1) is 0 Å². The summed E-state index contributed by atoms with van der Waals surface area (Å²) in [6.07, 6.45) is 1.20. The van der Waals surface area contributed by atoms with E-state index in [0.29, 0.717) is 0 Å². The molecule has 1 N–H and O–H groups in total. The summed E-state index contributed by atoms with van der Waals surface area (Å²) in [6.45, 7) is 2.02. The zero-order valence-corrected chi connectivity index (χ0v) is 9.67. The summed E-state index contributed by atoms with van der Waals surface area (Å²) in [5, 5.41) is 9.33. The molecule has 88 valence electrons. The summed E-state index contributed by atoms with van der Waals surface area (Å²) in [5.41, 5.74) is 1.29. The topological polar surface area (TPSA) is 32.7 Å². The van der Waals surface area contributed by atoms with E-state index in [1.54, 1.807) is 7.11 Å². The average molecular weight is 221 g/mol. The Hall–Kier alpha value is -0.900. The quantitative estimate of drug-likeness (QED) is 0.831. The number of likely N-dealkylation sites (tertiary alicyclic amines) is 1. The fourth-order valence-corrected chi connectivity index (χ4v) is 2.31. The molecule has 0 spiro atoms. The Balaban J connectivity index is 1.98. The van der Waals surface area contributed by atoms with Crippen LogP contribution in [0.1, 0.15) is 12.0 Å². The molecule has 3 heteroatoms. The summed E-state index contributed by atoms with van der Waals surface area (Å²) in [5.74, 6) is 0. The number of hydrogen-bond donors (Lipinski definition) is 1. The normalized spacial score (nSPS) is 26.1. The second kappa shape index (κ2) is 5.43. The molecule has 16 heavy (non-hydrogen) atoms. The molecule has 0 radical (unpaired) electrons. The third-order valence-corrected chi connectivity index (χ3v) is 3.26. The van der Waals surface area contributed by atoms with E-state index < -0.39 is 0 Å². The Morgan fingerprint density at radius 1 is 1.38 bits per heavy atom. The van der Waals surface area contributed by atoms with Crippen LogP contribution in [0.25, 0.3) is 0 Å². The molecule has 1 fully saturated rings. The van der Waals surface area contributed by atoms with Crippen molar-refractivity contribution in [1.29, 1.82) is 0 Å². The first kappa shape index (κ1) is 11.6. The summed E-state index contributed by atoms with van der Waals surface area (Å²) in [6, 6.07) is 10.6. The van der Waals surface area contributed by atoms with Crippen molar-refractivity contribution >= 4 is 0 Å². The smallest absolute Gasteiger partial charge is 0.0714 e. The molecule has 0 aromatic heterocycles. The number of methoxy groups -OCH3 is 1. The molecular formula is C13H19NO2. The van der Waals surface area contributed by atoms with Gasteiger partial charge < -0.3 is 9.84 Å². The maximum Gasteiger partial charge on any atom is 0.0714 e. The van der Waals surface area contributed by atoms with Crippen molar-refractivity contribution in [2.45, 2.75) is 25.1 Å². The van der Waals surface area contributed by atoms with Gasteiger partial charge in [0.15, 0.2) is 0 Å². The third-order valence-electron chi connectivity index (χ3n) is 3.26. The Bertz CT molecular complexity index is 315. The molecule has 1 aliphatic heterocycles. The van der Waals surface area contributed by atoms with E-state index in [-0.39, 0.29) is 18.8 Å². The highest BCUT2D eigenvalue weighted by Gasteiger charge is 2.31. The Morgan fingerprint density at radius 3 is 2.75 bits per heavy atom. The number of hydrogen-bond acceptors (Lipinski definition) is 3. The number of aliphatic hydroxyl groups excluding tert-OH is 1. The van der Waals surface area contributed by atoms with E-state index in [4.69, 9.17) is 4.74 Å². The standard InChI is InChI=1S/C13H19NO2/c1-16-13-7-12(10-15)14(9-13)8-11-5-3-2-4-6-11/h2-6,12-13,15H,7-10H2,1H3/t12-,13-/m0/s1. The lowest BCUT2D eigenvalue weighted by Gasteiger charge is -2.22. The van der Waals surface area contributed by atoms with Gasteiger partial charge in [-0.2, -0.15) is 0 Å². The molecule has 1 saturated heterocycles. The van der Waals surface area contributed by atoms with Crippen LogP contribution in [0.3, 0.4) is 0 Å². The highest BCUT2D eigenvalue weighted by atomic mass is 16.5. The van der Waals surface area contributed by atoms with Crippen LogP contribution in [0.2, 0.25) is 0 Å². The van der Waals surface area contributed by atoms with E-state index in [1.807, 2.05) is 18.2 Å². The van der Waals surface area contributed by atoms with E-state index >= 15 is 0 Å². The molecule has 0 bridgehead atoms. The fourth-order valence-electron chi connectivity index (χ4n) is 2.31. The van der Waals surface area contributed by atoms with Gasteiger partial charge in [0, 0.05) is 26.2 Å². The molecule has 1 aromatic carbocycles. The van der Waals surface area contributed by atoms with Crippen molar-refractivity contribution in [1.82, 2.24) is 4.90 Å². The zero-order chi connectivity index (χ0) is 11.4. The minimum absolute atomic E-state index is 0.215. The van der Waals surface area contributed by atoms with Crippen LogP contribution >= 0.6 is 0 Å². The van der Waals surface area contributed by atoms with Gasteiger partial charge in [-0.25, -0.2) is 0 Å². The van der Waals surface area contributed by atoms with Crippen molar-refractivity contribution in [3.05, 3.63) is 35.9 Å². The van der Waals surface area contributed by atoms with Crippen molar-refractivity contribution in [2.75, 3.05) is 20.3 Å². The van der Waals surface area contributed by atoms with E-state index in [1.165, 1.54) is 5.56 Å². The Kier molecular flexibility index (Phi) is 3.93. The second-order valence-corrected chi connectivity index (χ2v) is 4.34. The molecule has 0 aliphatic carbocycles. The number of nitrogens with zero attached hydrogens (tertiary/aromatic N) is 1. The van der Waals surface area contributed by atoms with Gasteiger partial charge in [-0.3, -0.25) is 4.90 Å². The second-order valence-electron chi connectivity index (χ2n) is 4.34. The van der Waals surface area contributed by atoms with Crippen LogP contribution in [-0.2, 0) is 11.3 Å². The molecule has 1 aliphatic rings. The number of ether oxygens (including phenoxy) is 1. The SMILES string of the molecule is CO[C@H]1C[C@@H](CO)N(Cc2ccccc2)C1. The average Bonchev–Trinajstić information content (AvgIpc) is 2.73. The Labute approximate surface area is 96.6 Å². The van der Waals surface area contributed by atoms with Crippen molar-refractivity contribution < 1.29 is 9.84 Å². The molecule has 1 aromatic rings. The number of aliphatic hydroxyl groups is 1. The molecule has 1 heterocycles. The van der Waals surface area contributed by atoms with Crippen molar-refractivity contribution in [3.8, 4) is 0 Å². The van der Waals surface area contributed by atoms with Gasteiger partial charge in [0.2, 0.25) is 0 Å². The third kappa shape index (κ3) is 2.61. The minimum atomic E-state index is 0.215. The lowest BCUT2D eigenvalue weighted by molar-refractivity contribution is 0.107. The van der Waals surface area contributed by atoms with Crippen molar-refractivity contribution in [3.63, 3.8) is 0 Å². The lowest BCUT2D eigenvalue weighted by Crippen LogP contribution is -2.31. The van der Waals surface area contributed by atoms with Crippen LogP contribution < -0.4 is 0 Å². The van der Waals surface area contributed by atoms with Gasteiger partial charge >= 0.3 is 0 Å². The highest BCUT2D eigenvalue weighted by Crippen LogP contribution is 2.21. The first-order valence-electron chi connectivity index (χ1n) is 5.75. The Morgan fingerprint density at radius 2 is 2.12 bits per heavy atom. The lowest BCUT2D eigenvalue weighted by atomic mass is 10.2. The van der Waals surface area contributed by atoms with Gasteiger partial charge in [0.25, 0.3) is 0 Å². The molecule has 0 saturated carbocycles. The van der Waals surface area contributed by atoms with Crippen LogP contribution in [-0.4, -0.2) is 42.4 Å². The van der Waals surface area contributed by atoms with Gasteiger partial charge in [0.1, 0.15) is 0 Å². The summed E-state index contributed by atoms with van der Waals surface area (Å²) < 4.78 is 5.36. The molecule has 2 atom stereocenters. The molecule has 0 unspecified atom stereocenters. The summed E-state index contributed by atoms with van der Waals surface area (Å²) >= 11 is 0. The van der Waals surface area contributed by atoms with E-state index in [9.17, 15) is 5.11 Å². The van der Waals surface area contributed by atoms with Crippen LogP contribution in [0.15, 0.2) is 30.3 Å².